The SMILES string of the molecule is CCc1ccc(C(Br)c2cc(C)c(Br)cc2C)cc1. The summed E-state index contributed by atoms with van der Waals surface area (Å²) in [5.41, 5.74) is 6.60. The minimum absolute atomic E-state index is 0.255. The molecule has 0 aromatic heterocycles. The molecule has 2 aromatic rings. The predicted molar refractivity (Wildman–Crippen MR) is 90.2 cm³/mol. The molecule has 2 rings (SSSR count). The molecule has 0 nitrogen and oxygen atoms in total. The predicted octanol–water partition coefficient (Wildman–Crippen LogP) is 6.11. The second-order valence-corrected chi connectivity index (χ2v) is 6.69. The van der Waals surface area contributed by atoms with Gasteiger partial charge in [0.1, 0.15) is 0 Å². The first kappa shape index (κ1) is 14.8. The number of halogens is 2. The molecule has 100 valence electrons. The lowest BCUT2D eigenvalue weighted by Gasteiger charge is -2.16. The van der Waals surface area contributed by atoms with E-state index in [0.717, 1.165) is 6.42 Å². The van der Waals surface area contributed by atoms with Crippen LogP contribution >= 0.6 is 31.9 Å². The molecule has 2 aromatic carbocycles. The molecule has 0 spiro atoms. The molecule has 0 saturated carbocycles. The van der Waals surface area contributed by atoms with E-state index in [2.05, 4.69) is 89.0 Å². The van der Waals surface area contributed by atoms with Crippen LogP contribution in [0, 0.1) is 13.8 Å². The quantitative estimate of drug-likeness (QED) is 0.562. The third kappa shape index (κ3) is 3.29. The van der Waals surface area contributed by atoms with Gasteiger partial charge in [0.2, 0.25) is 0 Å². The number of benzene rings is 2. The van der Waals surface area contributed by atoms with Crippen LogP contribution < -0.4 is 0 Å². The van der Waals surface area contributed by atoms with Crippen LogP contribution in [0.5, 0.6) is 0 Å². The van der Waals surface area contributed by atoms with Crippen molar-refractivity contribution in [1.82, 2.24) is 0 Å². The van der Waals surface area contributed by atoms with Crippen LogP contribution in [0.3, 0.4) is 0 Å². The minimum atomic E-state index is 0.255. The topological polar surface area (TPSA) is 0 Å². The van der Waals surface area contributed by atoms with Gasteiger partial charge in [0, 0.05) is 4.47 Å². The zero-order valence-corrected chi connectivity index (χ0v) is 14.7. The molecule has 0 bridgehead atoms. The van der Waals surface area contributed by atoms with E-state index in [4.69, 9.17) is 0 Å². The van der Waals surface area contributed by atoms with Gasteiger partial charge < -0.3 is 0 Å². The number of aryl methyl sites for hydroxylation is 3. The summed E-state index contributed by atoms with van der Waals surface area (Å²) in [4.78, 5) is 0.255. The van der Waals surface area contributed by atoms with Gasteiger partial charge in [0.25, 0.3) is 0 Å². The van der Waals surface area contributed by atoms with Crippen LogP contribution in [-0.4, -0.2) is 0 Å². The maximum Gasteiger partial charge on any atom is 0.0647 e. The standard InChI is InChI=1S/C17H18Br2/c1-4-13-5-7-14(8-6-13)17(19)15-9-12(3)16(18)10-11(15)2/h5-10,17H,4H2,1-3H3. The van der Waals surface area contributed by atoms with Crippen LogP contribution in [0.25, 0.3) is 0 Å². The van der Waals surface area contributed by atoms with Crippen LogP contribution in [-0.2, 0) is 6.42 Å². The lowest BCUT2D eigenvalue weighted by atomic mass is 9.97. The van der Waals surface area contributed by atoms with E-state index in [1.165, 1.54) is 32.3 Å². The van der Waals surface area contributed by atoms with Gasteiger partial charge in [-0.05, 0) is 54.2 Å². The molecule has 1 atom stereocenters. The second-order valence-electron chi connectivity index (χ2n) is 4.92. The first-order chi connectivity index (χ1) is 9.02. The van der Waals surface area contributed by atoms with E-state index in [9.17, 15) is 0 Å². The first-order valence-electron chi connectivity index (χ1n) is 6.52. The van der Waals surface area contributed by atoms with E-state index in [1.807, 2.05) is 0 Å². The van der Waals surface area contributed by atoms with E-state index in [-0.39, 0.29) is 4.83 Å². The van der Waals surface area contributed by atoms with Crippen molar-refractivity contribution in [3.63, 3.8) is 0 Å². The largest absolute Gasteiger partial charge is 0.0786 e. The normalized spacial score (nSPS) is 12.5. The van der Waals surface area contributed by atoms with E-state index >= 15 is 0 Å². The van der Waals surface area contributed by atoms with Gasteiger partial charge in [-0.2, -0.15) is 0 Å². The zero-order valence-electron chi connectivity index (χ0n) is 11.5. The Morgan fingerprint density at radius 3 is 2.21 bits per heavy atom. The second kappa shape index (κ2) is 6.23. The number of alkyl halides is 1. The van der Waals surface area contributed by atoms with Crippen LogP contribution in [0.2, 0.25) is 0 Å². The Bertz CT molecular complexity index is 571. The highest BCUT2D eigenvalue weighted by Gasteiger charge is 2.14. The Labute approximate surface area is 132 Å². The lowest BCUT2D eigenvalue weighted by molar-refractivity contribution is 1.10. The molecule has 0 fully saturated rings. The first-order valence-corrected chi connectivity index (χ1v) is 8.23. The molecule has 0 radical (unpaired) electrons. The molecule has 0 aliphatic heterocycles. The van der Waals surface area contributed by atoms with Crippen LogP contribution in [0.15, 0.2) is 40.9 Å². The average molecular weight is 382 g/mol. The van der Waals surface area contributed by atoms with Gasteiger partial charge in [-0.3, -0.25) is 0 Å². The van der Waals surface area contributed by atoms with Gasteiger partial charge in [-0.1, -0.05) is 69.1 Å². The highest BCUT2D eigenvalue weighted by Crippen LogP contribution is 2.35. The molecule has 0 aliphatic rings. The van der Waals surface area contributed by atoms with Gasteiger partial charge in [0.15, 0.2) is 0 Å². The van der Waals surface area contributed by atoms with Crippen LogP contribution in [0.4, 0.5) is 0 Å². The van der Waals surface area contributed by atoms with Crippen molar-refractivity contribution in [2.24, 2.45) is 0 Å². The molecule has 0 heterocycles. The van der Waals surface area contributed by atoms with Crippen molar-refractivity contribution < 1.29 is 0 Å². The maximum atomic E-state index is 3.83. The number of rotatable bonds is 3. The van der Waals surface area contributed by atoms with Crippen molar-refractivity contribution >= 4 is 31.9 Å². The highest BCUT2D eigenvalue weighted by molar-refractivity contribution is 9.10. The summed E-state index contributed by atoms with van der Waals surface area (Å²) < 4.78 is 1.18. The van der Waals surface area contributed by atoms with Gasteiger partial charge in [-0.25, -0.2) is 0 Å². The summed E-state index contributed by atoms with van der Waals surface area (Å²) in [6.45, 7) is 6.48. The fraction of sp³-hybridized carbons (Fsp3) is 0.294. The Morgan fingerprint density at radius 1 is 1.00 bits per heavy atom. The summed E-state index contributed by atoms with van der Waals surface area (Å²) in [5.74, 6) is 0. The molecule has 2 heteroatoms. The molecule has 19 heavy (non-hydrogen) atoms. The van der Waals surface area contributed by atoms with Gasteiger partial charge >= 0.3 is 0 Å². The molecule has 1 unspecified atom stereocenters. The summed E-state index contributed by atoms with van der Waals surface area (Å²) in [6, 6.07) is 13.3. The summed E-state index contributed by atoms with van der Waals surface area (Å²) >= 11 is 7.42. The zero-order chi connectivity index (χ0) is 14.0. The molecular formula is C17H18Br2. The third-order valence-corrected chi connectivity index (χ3v) is 5.38. The molecule has 0 saturated heterocycles. The highest BCUT2D eigenvalue weighted by atomic mass is 79.9. The summed E-state index contributed by atoms with van der Waals surface area (Å²) in [5, 5.41) is 0. The Balaban J connectivity index is 2.37. The molecule has 0 N–H and O–H groups in total. The van der Waals surface area contributed by atoms with E-state index < -0.39 is 0 Å². The van der Waals surface area contributed by atoms with Gasteiger partial charge in [-0.15, -0.1) is 0 Å². The minimum Gasteiger partial charge on any atom is -0.0786 e. The van der Waals surface area contributed by atoms with Crippen molar-refractivity contribution in [3.05, 3.63) is 68.7 Å². The number of hydrogen-bond acceptors (Lipinski definition) is 0. The van der Waals surface area contributed by atoms with Crippen molar-refractivity contribution in [2.45, 2.75) is 32.0 Å². The molecule has 0 aliphatic carbocycles. The van der Waals surface area contributed by atoms with Crippen LogP contribution in [0.1, 0.15) is 39.6 Å². The van der Waals surface area contributed by atoms with E-state index in [1.54, 1.807) is 0 Å². The Hall–Kier alpha value is -0.600. The summed E-state index contributed by atoms with van der Waals surface area (Å²) in [7, 11) is 0. The fourth-order valence-corrected chi connectivity index (χ4v) is 3.43. The number of hydrogen-bond donors (Lipinski definition) is 0. The van der Waals surface area contributed by atoms with Crippen molar-refractivity contribution in [1.29, 1.82) is 0 Å². The average Bonchev–Trinajstić information content (AvgIpc) is 2.42. The fourth-order valence-electron chi connectivity index (χ4n) is 2.18. The Kier molecular flexibility index (Phi) is 4.86. The smallest absolute Gasteiger partial charge is 0.0647 e. The lowest BCUT2D eigenvalue weighted by Crippen LogP contribution is -1.97. The monoisotopic (exact) mass is 380 g/mol. The van der Waals surface area contributed by atoms with Crippen molar-refractivity contribution in [2.75, 3.05) is 0 Å². The van der Waals surface area contributed by atoms with Crippen molar-refractivity contribution in [3.8, 4) is 0 Å². The van der Waals surface area contributed by atoms with E-state index in [0.29, 0.717) is 0 Å². The molecule has 0 amide bonds. The summed E-state index contributed by atoms with van der Waals surface area (Å²) in [6.07, 6.45) is 1.09. The maximum absolute atomic E-state index is 3.83. The molecular weight excluding hydrogens is 364 g/mol. The van der Waals surface area contributed by atoms with Gasteiger partial charge in [0.05, 0.1) is 4.83 Å². The third-order valence-electron chi connectivity index (χ3n) is 3.50. The Morgan fingerprint density at radius 2 is 1.63 bits per heavy atom.